The molecule has 0 atom stereocenters. The second-order valence-corrected chi connectivity index (χ2v) is 5.99. The van der Waals surface area contributed by atoms with E-state index in [-0.39, 0.29) is 0 Å². The highest BCUT2D eigenvalue weighted by Gasteiger charge is 2.16. The molecule has 0 bridgehead atoms. The van der Waals surface area contributed by atoms with Crippen LogP contribution in [0.15, 0.2) is 60.8 Å². The number of primary amides is 1. The first-order chi connectivity index (χ1) is 11.6. The van der Waals surface area contributed by atoms with Crippen molar-refractivity contribution in [2.75, 3.05) is 0 Å². The predicted molar refractivity (Wildman–Crippen MR) is 96.0 cm³/mol. The van der Waals surface area contributed by atoms with E-state index in [1.54, 1.807) is 12.3 Å². The Labute approximate surface area is 139 Å². The van der Waals surface area contributed by atoms with Crippen LogP contribution in [-0.2, 0) is 6.54 Å². The summed E-state index contributed by atoms with van der Waals surface area (Å²) in [7, 11) is 0. The largest absolute Gasteiger partial charge is 0.366 e. The number of carbonyl (C=O) groups excluding carboxylic acids is 1. The Balaban J connectivity index is 2.08. The van der Waals surface area contributed by atoms with Crippen LogP contribution in [-0.4, -0.2) is 15.5 Å². The third kappa shape index (κ3) is 2.24. The van der Waals surface area contributed by atoms with Gasteiger partial charge in [0.15, 0.2) is 0 Å². The highest BCUT2D eigenvalue weighted by atomic mass is 16.1. The SMILES string of the molecule is Cc1ccc2c3c(C(N)=O)cccc3n(Cc3ccccn3)c2c1. The van der Waals surface area contributed by atoms with Gasteiger partial charge >= 0.3 is 0 Å². The summed E-state index contributed by atoms with van der Waals surface area (Å²) in [4.78, 5) is 16.3. The van der Waals surface area contributed by atoms with Crippen LogP contribution in [0.4, 0.5) is 0 Å². The molecule has 2 aromatic heterocycles. The number of carbonyl (C=O) groups is 1. The molecule has 0 aliphatic rings. The van der Waals surface area contributed by atoms with Crippen LogP contribution >= 0.6 is 0 Å². The number of rotatable bonds is 3. The third-order valence-corrected chi connectivity index (χ3v) is 4.36. The Kier molecular flexibility index (Phi) is 3.31. The van der Waals surface area contributed by atoms with Crippen molar-refractivity contribution >= 4 is 27.7 Å². The predicted octanol–water partition coefficient (Wildman–Crippen LogP) is 3.65. The van der Waals surface area contributed by atoms with Gasteiger partial charge in [0.25, 0.3) is 0 Å². The monoisotopic (exact) mass is 315 g/mol. The number of hydrogen-bond donors (Lipinski definition) is 1. The minimum Gasteiger partial charge on any atom is -0.366 e. The van der Waals surface area contributed by atoms with E-state index in [1.165, 1.54) is 5.56 Å². The first-order valence-electron chi connectivity index (χ1n) is 7.86. The van der Waals surface area contributed by atoms with Crippen molar-refractivity contribution in [2.24, 2.45) is 5.73 Å². The van der Waals surface area contributed by atoms with Crippen LogP contribution in [0.5, 0.6) is 0 Å². The molecule has 4 rings (SSSR count). The zero-order chi connectivity index (χ0) is 16.7. The van der Waals surface area contributed by atoms with Gasteiger partial charge in [0.1, 0.15) is 0 Å². The third-order valence-electron chi connectivity index (χ3n) is 4.36. The average Bonchev–Trinajstić information content (AvgIpc) is 2.89. The first kappa shape index (κ1) is 14.5. The Morgan fingerprint density at radius 2 is 1.96 bits per heavy atom. The maximum Gasteiger partial charge on any atom is 0.249 e. The van der Waals surface area contributed by atoms with Crippen LogP contribution in [0.1, 0.15) is 21.6 Å². The molecular formula is C20H17N3O. The Bertz CT molecular complexity index is 1060. The molecule has 0 aliphatic heterocycles. The molecule has 2 aromatic carbocycles. The molecule has 4 heteroatoms. The highest BCUT2D eigenvalue weighted by molar-refractivity contribution is 6.17. The number of pyridine rings is 1. The van der Waals surface area contributed by atoms with Crippen molar-refractivity contribution < 1.29 is 4.79 Å². The topological polar surface area (TPSA) is 60.9 Å². The fourth-order valence-corrected chi connectivity index (χ4v) is 3.28. The van der Waals surface area contributed by atoms with E-state index in [2.05, 4.69) is 34.7 Å². The van der Waals surface area contributed by atoms with E-state index in [4.69, 9.17) is 5.73 Å². The number of fused-ring (bicyclic) bond motifs is 3. The van der Waals surface area contributed by atoms with Crippen molar-refractivity contribution in [3.63, 3.8) is 0 Å². The van der Waals surface area contributed by atoms with E-state index in [1.807, 2.05) is 30.3 Å². The lowest BCUT2D eigenvalue weighted by molar-refractivity contribution is 0.100. The quantitative estimate of drug-likeness (QED) is 0.627. The number of nitrogens with two attached hydrogens (primary N) is 1. The highest BCUT2D eigenvalue weighted by Crippen LogP contribution is 2.32. The van der Waals surface area contributed by atoms with Gasteiger partial charge in [-0.1, -0.05) is 24.3 Å². The minimum atomic E-state index is -0.405. The van der Waals surface area contributed by atoms with Crippen molar-refractivity contribution in [2.45, 2.75) is 13.5 Å². The molecule has 0 unspecified atom stereocenters. The molecule has 0 spiro atoms. The molecule has 2 heterocycles. The number of amides is 1. The minimum absolute atomic E-state index is 0.405. The molecule has 4 aromatic rings. The van der Waals surface area contributed by atoms with Gasteiger partial charge in [-0.15, -0.1) is 0 Å². The van der Waals surface area contributed by atoms with Gasteiger partial charge in [-0.2, -0.15) is 0 Å². The lowest BCUT2D eigenvalue weighted by Gasteiger charge is -2.07. The van der Waals surface area contributed by atoms with Crippen LogP contribution in [0, 0.1) is 6.92 Å². The maximum atomic E-state index is 11.9. The number of hydrogen-bond acceptors (Lipinski definition) is 2. The second kappa shape index (κ2) is 5.49. The van der Waals surface area contributed by atoms with E-state index in [0.717, 1.165) is 27.5 Å². The van der Waals surface area contributed by atoms with Gasteiger partial charge in [0.2, 0.25) is 5.91 Å². The summed E-state index contributed by atoms with van der Waals surface area (Å²) in [6.07, 6.45) is 1.79. The lowest BCUT2D eigenvalue weighted by Crippen LogP contribution is -2.11. The van der Waals surface area contributed by atoms with Crippen LogP contribution in [0.2, 0.25) is 0 Å². The fourth-order valence-electron chi connectivity index (χ4n) is 3.28. The number of aryl methyl sites for hydroxylation is 1. The Morgan fingerprint density at radius 3 is 2.71 bits per heavy atom. The summed E-state index contributed by atoms with van der Waals surface area (Å²) in [6.45, 7) is 2.71. The Morgan fingerprint density at radius 1 is 1.08 bits per heavy atom. The zero-order valence-electron chi connectivity index (χ0n) is 13.4. The zero-order valence-corrected chi connectivity index (χ0v) is 13.4. The molecule has 0 fully saturated rings. The maximum absolute atomic E-state index is 11.9. The summed E-state index contributed by atoms with van der Waals surface area (Å²) in [5, 5.41) is 1.96. The summed E-state index contributed by atoms with van der Waals surface area (Å²) >= 11 is 0. The Hall–Kier alpha value is -3.14. The summed E-state index contributed by atoms with van der Waals surface area (Å²) in [6, 6.07) is 17.9. The van der Waals surface area contributed by atoms with Crippen molar-refractivity contribution in [3.8, 4) is 0 Å². The molecule has 24 heavy (non-hydrogen) atoms. The first-order valence-corrected chi connectivity index (χ1v) is 7.86. The molecule has 1 amide bonds. The van der Waals surface area contributed by atoms with Gasteiger partial charge in [-0.3, -0.25) is 9.78 Å². The summed E-state index contributed by atoms with van der Waals surface area (Å²) < 4.78 is 2.20. The molecule has 0 saturated carbocycles. The van der Waals surface area contributed by atoms with Crippen LogP contribution in [0.3, 0.4) is 0 Å². The summed E-state index contributed by atoms with van der Waals surface area (Å²) in [5.41, 5.74) is 10.4. The van der Waals surface area contributed by atoms with E-state index in [9.17, 15) is 4.79 Å². The van der Waals surface area contributed by atoms with Gasteiger partial charge in [0, 0.05) is 28.0 Å². The van der Waals surface area contributed by atoms with Crippen molar-refractivity contribution in [1.82, 2.24) is 9.55 Å². The van der Waals surface area contributed by atoms with Crippen LogP contribution in [0.25, 0.3) is 21.8 Å². The number of nitrogens with zero attached hydrogens (tertiary/aromatic N) is 2. The molecule has 0 saturated heterocycles. The standard InChI is InChI=1S/C20H17N3O/c1-13-8-9-15-18(11-13)23(12-14-5-2-3-10-22-14)17-7-4-6-16(19(15)17)20(21)24/h2-11H,12H2,1H3,(H2,21,24). The molecule has 4 nitrogen and oxygen atoms in total. The van der Waals surface area contributed by atoms with Gasteiger partial charge in [-0.05, 0) is 42.8 Å². The van der Waals surface area contributed by atoms with Crippen LogP contribution < -0.4 is 5.73 Å². The lowest BCUT2D eigenvalue weighted by atomic mass is 10.1. The molecule has 0 aliphatic carbocycles. The van der Waals surface area contributed by atoms with Crippen molar-refractivity contribution in [3.05, 3.63) is 77.6 Å². The van der Waals surface area contributed by atoms with Gasteiger partial charge in [0.05, 0.1) is 17.8 Å². The van der Waals surface area contributed by atoms with Gasteiger partial charge < -0.3 is 10.3 Å². The summed E-state index contributed by atoms with van der Waals surface area (Å²) in [5.74, 6) is -0.405. The molecule has 118 valence electrons. The number of aromatic nitrogens is 2. The molecular weight excluding hydrogens is 298 g/mol. The number of benzene rings is 2. The second-order valence-electron chi connectivity index (χ2n) is 5.99. The average molecular weight is 315 g/mol. The van der Waals surface area contributed by atoms with Crippen molar-refractivity contribution in [1.29, 1.82) is 0 Å². The molecule has 0 radical (unpaired) electrons. The van der Waals surface area contributed by atoms with E-state index in [0.29, 0.717) is 12.1 Å². The fraction of sp³-hybridized carbons (Fsp3) is 0.100. The van der Waals surface area contributed by atoms with Gasteiger partial charge in [-0.25, -0.2) is 0 Å². The van der Waals surface area contributed by atoms with E-state index >= 15 is 0 Å². The van der Waals surface area contributed by atoms with E-state index < -0.39 is 5.91 Å². The molecule has 2 N–H and O–H groups in total. The smallest absolute Gasteiger partial charge is 0.249 e. The normalized spacial score (nSPS) is 11.2.